The van der Waals surface area contributed by atoms with Crippen LogP contribution >= 0.6 is 0 Å². The van der Waals surface area contributed by atoms with Crippen LogP contribution in [0.15, 0.2) is 91.0 Å². The molecule has 0 aliphatic rings. The van der Waals surface area contributed by atoms with Crippen LogP contribution in [0.25, 0.3) is 22.3 Å². The van der Waals surface area contributed by atoms with E-state index >= 15 is 0 Å². The smallest absolute Gasteiger partial charge is 0.0464 e. The zero-order valence-corrected chi connectivity index (χ0v) is 24.2. The molecule has 1 heteroatoms. The highest BCUT2D eigenvalue weighted by atomic mass is 14.9. The van der Waals surface area contributed by atoms with E-state index in [-0.39, 0.29) is 16.2 Å². The Bertz CT molecular complexity index is 1370. The average molecular weight is 490 g/mol. The first-order valence-corrected chi connectivity index (χ1v) is 13.5. The Morgan fingerprint density at radius 3 is 1.62 bits per heavy atom. The van der Waals surface area contributed by atoms with Crippen LogP contribution in [-0.2, 0) is 16.2 Å². The fourth-order valence-electron chi connectivity index (χ4n) is 4.74. The van der Waals surface area contributed by atoms with Crippen LogP contribution in [0.5, 0.6) is 0 Å². The first-order valence-electron chi connectivity index (χ1n) is 13.5. The summed E-state index contributed by atoms with van der Waals surface area (Å²) in [5.41, 5.74) is 11.5. The van der Waals surface area contributed by atoms with Gasteiger partial charge in [-0.15, -0.1) is 0 Å². The SMILES string of the molecule is CC(C)(C)c1cccc(-c2ccc(Nc3ccc(C(C)(C)C)cc3-c3ccccc3)c(C(C)(C)C)c2)c1. The number of nitrogens with one attached hydrogen (secondary N) is 1. The van der Waals surface area contributed by atoms with E-state index in [0.29, 0.717) is 0 Å². The van der Waals surface area contributed by atoms with Crippen molar-refractivity contribution in [2.24, 2.45) is 0 Å². The van der Waals surface area contributed by atoms with Gasteiger partial charge in [0.15, 0.2) is 0 Å². The van der Waals surface area contributed by atoms with E-state index in [1.54, 1.807) is 0 Å². The molecule has 0 spiro atoms. The van der Waals surface area contributed by atoms with Crippen LogP contribution in [0.2, 0.25) is 0 Å². The number of benzene rings is 4. The van der Waals surface area contributed by atoms with Gasteiger partial charge in [0.1, 0.15) is 0 Å². The van der Waals surface area contributed by atoms with E-state index in [1.165, 1.54) is 38.9 Å². The highest BCUT2D eigenvalue weighted by Gasteiger charge is 2.22. The topological polar surface area (TPSA) is 12.0 Å². The largest absolute Gasteiger partial charge is 0.355 e. The van der Waals surface area contributed by atoms with E-state index < -0.39 is 0 Å². The lowest BCUT2D eigenvalue weighted by atomic mass is 9.82. The number of rotatable bonds is 4. The van der Waals surface area contributed by atoms with Gasteiger partial charge in [0.25, 0.3) is 0 Å². The van der Waals surface area contributed by atoms with E-state index in [9.17, 15) is 0 Å². The molecular formula is C36H43N. The van der Waals surface area contributed by atoms with Crippen LogP contribution < -0.4 is 5.32 Å². The van der Waals surface area contributed by atoms with Crippen molar-refractivity contribution in [1.29, 1.82) is 0 Å². The minimum atomic E-state index is -0.0156. The molecule has 192 valence electrons. The van der Waals surface area contributed by atoms with Crippen molar-refractivity contribution in [1.82, 2.24) is 0 Å². The third kappa shape index (κ3) is 6.16. The summed E-state index contributed by atoms with van der Waals surface area (Å²) in [6.07, 6.45) is 0. The Balaban J connectivity index is 1.81. The van der Waals surface area contributed by atoms with Crippen molar-refractivity contribution in [3.8, 4) is 22.3 Å². The van der Waals surface area contributed by atoms with Gasteiger partial charge in [-0.1, -0.05) is 129 Å². The molecule has 0 amide bonds. The first-order chi connectivity index (χ1) is 17.2. The molecular weight excluding hydrogens is 446 g/mol. The minimum Gasteiger partial charge on any atom is -0.355 e. The number of anilines is 2. The summed E-state index contributed by atoms with van der Waals surface area (Å²) in [5, 5.41) is 3.84. The second-order valence-corrected chi connectivity index (χ2v) is 13.3. The Hall–Kier alpha value is -3.32. The van der Waals surface area contributed by atoms with E-state index in [1.807, 2.05) is 0 Å². The molecule has 0 saturated carbocycles. The van der Waals surface area contributed by atoms with Crippen LogP contribution in [0.4, 0.5) is 11.4 Å². The monoisotopic (exact) mass is 489 g/mol. The van der Waals surface area contributed by atoms with Crippen molar-refractivity contribution >= 4 is 11.4 Å². The van der Waals surface area contributed by atoms with Gasteiger partial charge in [-0.05, 0) is 73.9 Å². The molecule has 0 saturated heterocycles. The maximum atomic E-state index is 3.84. The Kier molecular flexibility index (Phi) is 7.12. The summed E-state index contributed by atoms with van der Waals surface area (Å²) in [4.78, 5) is 0. The second-order valence-electron chi connectivity index (χ2n) is 13.3. The van der Waals surface area contributed by atoms with Gasteiger partial charge in [-0.2, -0.15) is 0 Å². The van der Waals surface area contributed by atoms with E-state index in [0.717, 1.165) is 11.4 Å². The molecule has 4 aromatic carbocycles. The lowest BCUT2D eigenvalue weighted by Crippen LogP contribution is -2.15. The zero-order chi connectivity index (χ0) is 27.0. The van der Waals surface area contributed by atoms with Gasteiger partial charge in [0.2, 0.25) is 0 Å². The summed E-state index contributed by atoms with van der Waals surface area (Å²) >= 11 is 0. The molecule has 0 aromatic heterocycles. The van der Waals surface area contributed by atoms with Crippen LogP contribution in [-0.4, -0.2) is 0 Å². The Morgan fingerprint density at radius 2 is 1.00 bits per heavy atom. The van der Waals surface area contributed by atoms with Crippen LogP contribution in [0.1, 0.15) is 79.0 Å². The van der Waals surface area contributed by atoms with Gasteiger partial charge in [-0.25, -0.2) is 0 Å². The van der Waals surface area contributed by atoms with Crippen molar-refractivity contribution in [3.63, 3.8) is 0 Å². The van der Waals surface area contributed by atoms with Crippen molar-refractivity contribution in [2.75, 3.05) is 5.32 Å². The normalized spacial score (nSPS) is 12.5. The Morgan fingerprint density at radius 1 is 0.432 bits per heavy atom. The summed E-state index contributed by atoms with van der Waals surface area (Å²) in [5.74, 6) is 0. The lowest BCUT2D eigenvalue weighted by molar-refractivity contribution is 0.590. The molecule has 0 unspecified atom stereocenters. The highest BCUT2D eigenvalue weighted by molar-refractivity contribution is 5.83. The average Bonchev–Trinajstić information content (AvgIpc) is 2.83. The molecule has 4 rings (SSSR count). The predicted octanol–water partition coefficient (Wildman–Crippen LogP) is 10.7. The standard InChI is InChI=1S/C36H43N/c1-34(2,3)28-17-13-16-26(22-28)27-18-20-33(31(23-27)36(7,8)9)37-32-21-19-29(35(4,5)6)24-30(32)25-14-11-10-12-15-25/h10-24,37H,1-9H3. The molecule has 0 radical (unpaired) electrons. The van der Waals surface area contributed by atoms with E-state index in [4.69, 9.17) is 0 Å². The third-order valence-corrected chi connectivity index (χ3v) is 7.13. The molecule has 37 heavy (non-hydrogen) atoms. The van der Waals surface area contributed by atoms with Crippen LogP contribution in [0.3, 0.4) is 0 Å². The molecule has 1 nitrogen and oxygen atoms in total. The third-order valence-electron chi connectivity index (χ3n) is 7.13. The fraction of sp³-hybridized carbons (Fsp3) is 0.333. The summed E-state index contributed by atoms with van der Waals surface area (Å²) in [7, 11) is 0. The Labute approximate surface area is 225 Å². The quantitative estimate of drug-likeness (QED) is 0.300. The van der Waals surface area contributed by atoms with E-state index in [2.05, 4.69) is 159 Å². The molecule has 1 N–H and O–H groups in total. The van der Waals surface area contributed by atoms with Crippen molar-refractivity contribution in [3.05, 3.63) is 108 Å². The summed E-state index contributed by atoms with van der Waals surface area (Å²) < 4.78 is 0. The highest BCUT2D eigenvalue weighted by Crippen LogP contribution is 2.39. The number of hydrogen-bond donors (Lipinski definition) is 1. The maximum Gasteiger partial charge on any atom is 0.0464 e. The summed E-state index contributed by atoms with van der Waals surface area (Å²) in [6.45, 7) is 20.5. The molecule has 0 fully saturated rings. The zero-order valence-electron chi connectivity index (χ0n) is 24.2. The first kappa shape index (κ1) is 26.7. The van der Waals surface area contributed by atoms with Gasteiger partial charge < -0.3 is 5.32 Å². The van der Waals surface area contributed by atoms with Gasteiger partial charge in [-0.3, -0.25) is 0 Å². The van der Waals surface area contributed by atoms with Crippen LogP contribution in [0, 0.1) is 0 Å². The minimum absolute atomic E-state index is 0.0156. The molecule has 0 atom stereocenters. The van der Waals surface area contributed by atoms with Crippen molar-refractivity contribution in [2.45, 2.75) is 78.6 Å². The fourth-order valence-corrected chi connectivity index (χ4v) is 4.74. The maximum absolute atomic E-state index is 3.84. The lowest BCUT2D eigenvalue weighted by Gasteiger charge is -2.27. The molecule has 0 bridgehead atoms. The molecule has 0 aliphatic heterocycles. The predicted molar refractivity (Wildman–Crippen MR) is 163 cm³/mol. The van der Waals surface area contributed by atoms with Gasteiger partial charge >= 0.3 is 0 Å². The van der Waals surface area contributed by atoms with Crippen molar-refractivity contribution < 1.29 is 0 Å². The molecule has 0 heterocycles. The second kappa shape index (κ2) is 9.86. The van der Waals surface area contributed by atoms with Gasteiger partial charge in [0, 0.05) is 16.9 Å². The summed E-state index contributed by atoms with van der Waals surface area (Å²) in [6, 6.07) is 33.4. The molecule has 4 aromatic rings. The van der Waals surface area contributed by atoms with Gasteiger partial charge in [0.05, 0.1) is 0 Å². The molecule has 0 aliphatic carbocycles. The number of hydrogen-bond acceptors (Lipinski definition) is 1.